The van der Waals surface area contributed by atoms with Crippen LogP contribution in [0.3, 0.4) is 0 Å². The van der Waals surface area contributed by atoms with Crippen LogP contribution in [0.15, 0.2) is 47.1 Å². The number of amides is 1. The fourth-order valence-electron chi connectivity index (χ4n) is 3.44. The van der Waals surface area contributed by atoms with E-state index in [0.29, 0.717) is 23.8 Å². The van der Waals surface area contributed by atoms with Crippen molar-refractivity contribution in [3.05, 3.63) is 69.8 Å². The van der Waals surface area contributed by atoms with Crippen LogP contribution in [0.1, 0.15) is 55.8 Å². The van der Waals surface area contributed by atoms with Crippen molar-refractivity contribution < 1.29 is 9.90 Å². The van der Waals surface area contributed by atoms with E-state index in [2.05, 4.69) is 23.8 Å². The number of carbonyl (C=O) groups is 1. The van der Waals surface area contributed by atoms with E-state index in [0.717, 1.165) is 33.8 Å². The molecule has 1 aromatic carbocycles. The topological polar surface area (TPSA) is 90.2 Å². The van der Waals surface area contributed by atoms with Crippen molar-refractivity contribution in [3.63, 3.8) is 0 Å². The summed E-state index contributed by atoms with van der Waals surface area (Å²) in [7, 11) is 0. The van der Waals surface area contributed by atoms with E-state index in [4.69, 9.17) is 5.41 Å². The number of allylic oxidation sites excluding steroid dienone is 1. The third-order valence-corrected chi connectivity index (χ3v) is 6.40. The van der Waals surface area contributed by atoms with E-state index >= 15 is 0 Å². The lowest BCUT2D eigenvalue weighted by molar-refractivity contribution is -0.116. The zero-order chi connectivity index (χ0) is 23.0. The molecule has 166 valence electrons. The maximum absolute atomic E-state index is 11.9. The predicted octanol–water partition coefficient (Wildman–Crippen LogP) is 4.82. The molecule has 6 nitrogen and oxygen atoms in total. The Labute approximate surface area is 189 Å². The Balaban J connectivity index is 2.31. The molecular formula is C24H32N4O2S. The number of rotatable bonds is 10. The van der Waals surface area contributed by atoms with Crippen LogP contribution < -0.4 is 0 Å². The van der Waals surface area contributed by atoms with E-state index in [1.54, 1.807) is 11.1 Å². The number of aryl methyl sites for hydroxylation is 2. The summed E-state index contributed by atoms with van der Waals surface area (Å²) in [6.45, 7) is 10.1. The fourth-order valence-corrected chi connectivity index (χ4v) is 4.70. The summed E-state index contributed by atoms with van der Waals surface area (Å²) in [5, 5.41) is 19.0. The molecule has 2 N–H and O–H groups in total. The molecule has 1 unspecified atom stereocenters. The largest absolute Gasteiger partial charge is 0.396 e. The molecule has 7 heteroatoms. The first kappa shape index (κ1) is 24.8. The highest BCUT2D eigenvalue weighted by Gasteiger charge is 2.24. The highest BCUT2D eigenvalue weighted by Crippen LogP contribution is 2.36. The van der Waals surface area contributed by atoms with E-state index in [-0.39, 0.29) is 18.4 Å². The average Bonchev–Trinajstić information content (AvgIpc) is 2.73. The summed E-state index contributed by atoms with van der Waals surface area (Å²) in [6.07, 6.45) is 2.91. The van der Waals surface area contributed by atoms with Gasteiger partial charge in [-0.1, -0.05) is 55.9 Å². The second-order valence-electron chi connectivity index (χ2n) is 7.84. The van der Waals surface area contributed by atoms with Crippen LogP contribution in [0.5, 0.6) is 0 Å². The Bertz CT molecular complexity index is 928. The Morgan fingerprint density at radius 3 is 2.48 bits per heavy atom. The Morgan fingerprint density at radius 1 is 1.26 bits per heavy atom. The van der Waals surface area contributed by atoms with Crippen molar-refractivity contribution in [1.29, 1.82) is 5.41 Å². The lowest BCUT2D eigenvalue weighted by Crippen LogP contribution is -2.22. The smallest absolute Gasteiger partial charge is 0.214 e. The summed E-state index contributed by atoms with van der Waals surface area (Å²) in [5.74, 6) is 0.884. The molecule has 0 bridgehead atoms. The molecule has 31 heavy (non-hydrogen) atoms. The maximum Gasteiger partial charge on any atom is 0.214 e. The van der Waals surface area contributed by atoms with Crippen LogP contribution in [0, 0.1) is 25.2 Å². The first-order valence-electron chi connectivity index (χ1n) is 10.4. The Morgan fingerprint density at radius 2 is 1.94 bits per heavy atom. The van der Waals surface area contributed by atoms with Crippen LogP contribution in [-0.4, -0.2) is 38.0 Å². The van der Waals surface area contributed by atoms with Crippen molar-refractivity contribution in [2.45, 2.75) is 53.5 Å². The summed E-state index contributed by atoms with van der Waals surface area (Å²) in [5.41, 5.74) is 3.52. The minimum atomic E-state index is -0.0516. The second kappa shape index (κ2) is 11.8. The third kappa shape index (κ3) is 6.74. The molecule has 2 aromatic rings. The number of aliphatic hydroxyl groups excluding tert-OH is 1. The lowest BCUT2D eigenvalue weighted by atomic mass is 9.89. The van der Waals surface area contributed by atoms with Crippen molar-refractivity contribution in [2.24, 2.45) is 5.92 Å². The van der Waals surface area contributed by atoms with Gasteiger partial charge in [-0.2, -0.15) is 0 Å². The minimum absolute atomic E-state index is 0.0508. The second-order valence-corrected chi connectivity index (χ2v) is 8.98. The van der Waals surface area contributed by atoms with Gasteiger partial charge in [0.15, 0.2) is 0 Å². The molecule has 0 aliphatic rings. The van der Waals surface area contributed by atoms with Gasteiger partial charge in [0.25, 0.3) is 0 Å². The quantitative estimate of drug-likeness (QED) is 0.314. The average molecular weight is 441 g/mol. The molecule has 1 heterocycles. The molecule has 0 saturated carbocycles. The molecule has 1 atom stereocenters. The molecule has 0 radical (unpaired) electrons. The van der Waals surface area contributed by atoms with E-state index in [1.807, 2.05) is 51.1 Å². The molecule has 0 aliphatic carbocycles. The van der Waals surface area contributed by atoms with Crippen LogP contribution in [-0.2, 0) is 11.3 Å². The van der Waals surface area contributed by atoms with Crippen molar-refractivity contribution >= 4 is 23.2 Å². The van der Waals surface area contributed by atoms with Crippen molar-refractivity contribution in [3.8, 4) is 0 Å². The maximum atomic E-state index is 11.9. The summed E-state index contributed by atoms with van der Waals surface area (Å²) >= 11 is 1.34. The number of nitrogens with one attached hydrogen (secondary N) is 1. The molecule has 0 aliphatic heterocycles. The van der Waals surface area contributed by atoms with Gasteiger partial charge in [-0.05, 0) is 32.3 Å². The number of aliphatic hydroxyl groups is 1. The number of benzene rings is 1. The molecule has 2 rings (SSSR count). The number of thioether (sulfide) groups is 1. The minimum Gasteiger partial charge on any atom is -0.396 e. The van der Waals surface area contributed by atoms with Gasteiger partial charge in [0, 0.05) is 47.0 Å². The fraction of sp³-hybridized carbons (Fsp3) is 0.417. The zero-order valence-corrected chi connectivity index (χ0v) is 19.7. The molecular weight excluding hydrogens is 408 g/mol. The summed E-state index contributed by atoms with van der Waals surface area (Å²) in [6, 6.07) is 10.0. The van der Waals surface area contributed by atoms with Gasteiger partial charge < -0.3 is 10.0 Å². The van der Waals surface area contributed by atoms with Crippen molar-refractivity contribution in [1.82, 2.24) is 14.9 Å². The summed E-state index contributed by atoms with van der Waals surface area (Å²) in [4.78, 5) is 22.9. The third-order valence-electron chi connectivity index (χ3n) is 5.18. The highest BCUT2D eigenvalue weighted by molar-refractivity contribution is 8.17. The molecule has 0 fully saturated rings. The molecule has 0 saturated heterocycles. The monoisotopic (exact) mass is 440 g/mol. The predicted molar refractivity (Wildman–Crippen MR) is 127 cm³/mol. The van der Waals surface area contributed by atoms with Gasteiger partial charge in [0.05, 0.1) is 11.6 Å². The molecule has 0 spiro atoms. The SMILES string of the molecule is C/C(=C(\CCO)SC(=N)C(c1ccccc1)C(C)C)N(C=O)Cc1cnc(C)nc1C. The number of aromatic nitrogens is 2. The first-order chi connectivity index (χ1) is 14.8. The lowest BCUT2D eigenvalue weighted by Gasteiger charge is -2.25. The standard InChI is InChI=1S/C24H32N4O2S/c1-16(2)23(20-9-7-6-8-10-20)24(25)31-22(11-12-29)18(4)28(15-30)14-21-13-26-19(5)27-17(21)3/h6-10,13,15-16,23,25,29H,11-12,14H2,1-5H3/b22-18-,25-24?. The number of hydrogen-bond donors (Lipinski definition) is 2. The van der Waals surface area contributed by atoms with Gasteiger partial charge in [-0.15, -0.1) is 0 Å². The van der Waals surface area contributed by atoms with E-state index < -0.39 is 0 Å². The highest BCUT2D eigenvalue weighted by atomic mass is 32.2. The number of carbonyl (C=O) groups excluding carboxylic acids is 1. The number of hydrogen-bond acceptors (Lipinski definition) is 6. The normalized spacial score (nSPS) is 13.0. The van der Waals surface area contributed by atoms with Crippen LogP contribution in [0.4, 0.5) is 0 Å². The molecule has 1 aromatic heterocycles. The van der Waals surface area contributed by atoms with Gasteiger partial charge in [-0.3, -0.25) is 10.2 Å². The van der Waals surface area contributed by atoms with E-state index in [9.17, 15) is 9.90 Å². The van der Waals surface area contributed by atoms with Gasteiger partial charge in [-0.25, -0.2) is 9.97 Å². The van der Waals surface area contributed by atoms with E-state index in [1.165, 1.54) is 11.8 Å². The van der Waals surface area contributed by atoms with Gasteiger partial charge in [0.1, 0.15) is 5.82 Å². The van der Waals surface area contributed by atoms with Gasteiger partial charge >= 0.3 is 0 Å². The van der Waals surface area contributed by atoms with Gasteiger partial charge in [0.2, 0.25) is 6.41 Å². The molecule has 1 amide bonds. The Hall–Kier alpha value is -2.51. The first-order valence-corrected chi connectivity index (χ1v) is 11.2. The van der Waals surface area contributed by atoms with Crippen molar-refractivity contribution in [2.75, 3.05) is 6.61 Å². The Kier molecular flexibility index (Phi) is 9.40. The zero-order valence-electron chi connectivity index (χ0n) is 18.9. The van der Waals surface area contributed by atoms with Crippen LogP contribution in [0.2, 0.25) is 0 Å². The van der Waals surface area contributed by atoms with Crippen LogP contribution in [0.25, 0.3) is 0 Å². The number of nitrogens with zero attached hydrogens (tertiary/aromatic N) is 3. The van der Waals surface area contributed by atoms with Crippen LogP contribution >= 0.6 is 11.8 Å². The summed E-state index contributed by atoms with van der Waals surface area (Å²) < 4.78 is 0.